The summed E-state index contributed by atoms with van der Waals surface area (Å²) < 4.78 is 5.32. The molecule has 3 N–H and O–H groups in total. The normalized spacial score (nSPS) is 11.1. The van der Waals surface area contributed by atoms with Gasteiger partial charge in [-0.3, -0.25) is 0 Å². The molecule has 6 heteroatoms. The van der Waals surface area contributed by atoms with Crippen molar-refractivity contribution in [3.63, 3.8) is 0 Å². The lowest BCUT2D eigenvalue weighted by atomic mass is 10.1. The highest BCUT2D eigenvalue weighted by Gasteiger charge is 2.12. The second-order valence-corrected chi connectivity index (χ2v) is 4.93. The van der Waals surface area contributed by atoms with Crippen molar-refractivity contribution in [1.29, 1.82) is 0 Å². The summed E-state index contributed by atoms with van der Waals surface area (Å²) in [6, 6.07) is 8.01. The molecule has 0 amide bonds. The van der Waals surface area contributed by atoms with Gasteiger partial charge in [0.25, 0.3) is 0 Å². The molecule has 0 saturated carbocycles. The molecule has 0 radical (unpaired) electrons. The van der Waals surface area contributed by atoms with E-state index in [-0.39, 0.29) is 24.0 Å². The number of hydrogen-bond acceptors (Lipinski definition) is 3. The Morgan fingerprint density at radius 2 is 1.91 bits per heavy atom. The number of rotatable bonds is 5. The molecule has 1 heterocycles. The molecule has 2 rings (SSSR count). The molecule has 0 spiro atoms. The summed E-state index contributed by atoms with van der Waals surface area (Å²) in [5.41, 5.74) is 10.1. The standard InChI is InChI=1S/C16H22N4O.HI/c1-4-14-13(15(5-2)21-20-14)10-18-16(17)19-12-8-6-11(3)7-9-12;/h6-9H,4-5,10H2,1-3H3,(H3,17,18,19);1H. The molecule has 0 saturated heterocycles. The molecule has 22 heavy (non-hydrogen) atoms. The van der Waals surface area contributed by atoms with Crippen molar-refractivity contribution in [2.75, 3.05) is 5.32 Å². The Morgan fingerprint density at radius 3 is 2.50 bits per heavy atom. The van der Waals surface area contributed by atoms with Crippen LogP contribution in [0.25, 0.3) is 0 Å². The second-order valence-electron chi connectivity index (χ2n) is 4.93. The van der Waals surface area contributed by atoms with Crippen molar-refractivity contribution in [3.05, 3.63) is 46.8 Å². The van der Waals surface area contributed by atoms with Gasteiger partial charge in [-0.25, -0.2) is 4.99 Å². The van der Waals surface area contributed by atoms with Crippen molar-refractivity contribution in [3.8, 4) is 0 Å². The molecule has 1 aromatic carbocycles. The van der Waals surface area contributed by atoms with Gasteiger partial charge in [-0.05, 0) is 25.5 Å². The summed E-state index contributed by atoms with van der Waals surface area (Å²) in [7, 11) is 0. The Morgan fingerprint density at radius 1 is 1.23 bits per heavy atom. The zero-order valence-corrected chi connectivity index (χ0v) is 15.5. The van der Waals surface area contributed by atoms with Crippen molar-refractivity contribution < 1.29 is 4.52 Å². The molecule has 0 aliphatic rings. The minimum atomic E-state index is 0. The summed E-state index contributed by atoms with van der Waals surface area (Å²) in [5, 5.41) is 7.15. The number of anilines is 1. The molecule has 0 aliphatic heterocycles. The molecule has 1 aromatic heterocycles. The van der Waals surface area contributed by atoms with E-state index in [1.165, 1.54) is 5.56 Å². The largest absolute Gasteiger partial charge is 0.370 e. The van der Waals surface area contributed by atoms with Gasteiger partial charge in [-0.1, -0.05) is 36.7 Å². The van der Waals surface area contributed by atoms with Gasteiger partial charge in [0.2, 0.25) is 0 Å². The quantitative estimate of drug-likeness (QED) is 0.445. The van der Waals surface area contributed by atoms with Gasteiger partial charge in [0.1, 0.15) is 5.76 Å². The lowest BCUT2D eigenvalue weighted by Crippen LogP contribution is -2.22. The van der Waals surface area contributed by atoms with E-state index in [4.69, 9.17) is 10.3 Å². The number of nitrogens with zero attached hydrogens (tertiary/aromatic N) is 2. The maximum atomic E-state index is 5.93. The first-order chi connectivity index (χ1) is 10.1. The van der Waals surface area contributed by atoms with Crippen LogP contribution in [-0.4, -0.2) is 11.1 Å². The van der Waals surface area contributed by atoms with Crippen LogP contribution in [0.4, 0.5) is 5.69 Å². The Labute approximate surface area is 148 Å². The minimum absolute atomic E-state index is 0. The molecule has 120 valence electrons. The molecule has 2 aromatic rings. The third-order valence-corrected chi connectivity index (χ3v) is 3.34. The molecule has 0 atom stereocenters. The maximum absolute atomic E-state index is 5.93. The van der Waals surface area contributed by atoms with Gasteiger partial charge in [-0.2, -0.15) is 0 Å². The average molecular weight is 414 g/mol. The van der Waals surface area contributed by atoms with Crippen molar-refractivity contribution in [2.24, 2.45) is 10.7 Å². The Kier molecular flexibility index (Phi) is 7.37. The van der Waals surface area contributed by atoms with E-state index < -0.39 is 0 Å². The second kappa shape index (κ2) is 8.77. The number of nitrogens with two attached hydrogens (primary N) is 1. The van der Waals surface area contributed by atoms with Crippen molar-refractivity contribution in [1.82, 2.24) is 5.16 Å². The number of nitrogens with one attached hydrogen (secondary N) is 1. The molecule has 5 nitrogen and oxygen atoms in total. The number of benzene rings is 1. The van der Waals surface area contributed by atoms with E-state index in [2.05, 4.69) is 22.4 Å². The van der Waals surface area contributed by atoms with Gasteiger partial charge in [0.15, 0.2) is 5.96 Å². The topological polar surface area (TPSA) is 76.4 Å². The summed E-state index contributed by atoms with van der Waals surface area (Å²) in [4.78, 5) is 4.38. The Hall–Kier alpha value is -1.57. The lowest BCUT2D eigenvalue weighted by Gasteiger charge is -2.06. The zero-order valence-electron chi connectivity index (χ0n) is 13.2. The van der Waals surface area contributed by atoms with E-state index in [1.54, 1.807) is 0 Å². The van der Waals surface area contributed by atoms with Crippen LogP contribution in [0, 0.1) is 6.92 Å². The number of aryl methyl sites for hydroxylation is 3. The smallest absolute Gasteiger partial charge is 0.193 e. The SMILES string of the molecule is CCc1noc(CC)c1CN=C(N)Nc1ccc(C)cc1.I. The fourth-order valence-electron chi connectivity index (χ4n) is 2.11. The fourth-order valence-corrected chi connectivity index (χ4v) is 2.11. The highest BCUT2D eigenvalue weighted by molar-refractivity contribution is 14.0. The maximum Gasteiger partial charge on any atom is 0.193 e. The Bertz CT molecular complexity index is 598. The third-order valence-electron chi connectivity index (χ3n) is 3.34. The lowest BCUT2D eigenvalue weighted by molar-refractivity contribution is 0.380. The van der Waals surface area contributed by atoms with Gasteiger partial charge in [-0.15, -0.1) is 24.0 Å². The number of guanidine groups is 1. The van der Waals surface area contributed by atoms with Crippen molar-refractivity contribution in [2.45, 2.75) is 40.2 Å². The van der Waals surface area contributed by atoms with E-state index >= 15 is 0 Å². The first-order valence-electron chi connectivity index (χ1n) is 7.24. The van der Waals surface area contributed by atoms with Gasteiger partial charge in [0.05, 0.1) is 12.2 Å². The van der Waals surface area contributed by atoms with Crippen LogP contribution in [0.15, 0.2) is 33.8 Å². The van der Waals surface area contributed by atoms with Crippen LogP contribution in [0.3, 0.4) is 0 Å². The average Bonchev–Trinajstić information content (AvgIpc) is 2.89. The molecule has 0 unspecified atom stereocenters. The van der Waals surface area contributed by atoms with Crippen molar-refractivity contribution >= 4 is 35.6 Å². The molecule has 0 aliphatic carbocycles. The summed E-state index contributed by atoms with van der Waals surface area (Å²) >= 11 is 0. The highest BCUT2D eigenvalue weighted by Crippen LogP contribution is 2.17. The first kappa shape index (κ1) is 18.5. The molecular formula is C16H23IN4O. The molecule has 0 bridgehead atoms. The molecule has 0 fully saturated rings. The van der Waals surface area contributed by atoms with E-state index in [1.807, 2.05) is 38.1 Å². The number of aromatic nitrogens is 1. The van der Waals surface area contributed by atoms with E-state index in [0.717, 1.165) is 35.5 Å². The number of hydrogen-bond donors (Lipinski definition) is 2. The molecular weight excluding hydrogens is 391 g/mol. The summed E-state index contributed by atoms with van der Waals surface area (Å²) in [5.74, 6) is 1.28. The number of halogens is 1. The van der Waals surface area contributed by atoms with Crippen LogP contribution in [0.2, 0.25) is 0 Å². The van der Waals surface area contributed by atoms with Gasteiger partial charge >= 0.3 is 0 Å². The fraction of sp³-hybridized carbons (Fsp3) is 0.375. The minimum Gasteiger partial charge on any atom is -0.370 e. The first-order valence-corrected chi connectivity index (χ1v) is 7.24. The van der Waals surface area contributed by atoms with Crippen LogP contribution < -0.4 is 11.1 Å². The van der Waals surface area contributed by atoms with E-state index in [0.29, 0.717) is 12.5 Å². The highest BCUT2D eigenvalue weighted by atomic mass is 127. The number of aliphatic imine (C=N–C) groups is 1. The van der Waals surface area contributed by atoms with Gasteiger partial charge < -0.3 is 15.6 Å². The summed E-state index contributed by atoms with van der Waals surface area (Å²) in [6.07, 6.45) is 1.64. The monoisotopic (exact) mass is 414 g/mol. The van der Waals surface area contributed by atoms with Crippen LogP contribution >= 0.6 is 24.0 Å². The zero-order chi connectivity index (χ0) is 15.2. The predicted molar refractivity (Wildman–Crippen MR) is 101 cm³/mol. The van der Waals surface area contributed by atoms with Gasteiger partial charge in [0, 0.05) is 17.7 Å². The third kappa shape index (κ3) is 4.72. The Balaban J connectivity index is 0.00000242. The predicted octanol–water partition coefficient (Wildman–Crippen LogP) is 3.65. The van der Waals surface area contributed by atoms with Crippen LogP contribution in [0.1, 0.15) is 36.4 Å². The van der Waals surface area contributed by atoms with Crippen LogP contribution in [-0.2, 0) is 19.4 Å². The van der Waals surface area contributed by atoms with Crippen LogP contribution in [0.5, 0.6) is 0 Å². The summed E-state index contributed by atoms with van der Waals surface area (Å²) in [6.45, 7) is 6.63. The van der Waals surface area contributed by atoms with E-state index in [9.17, 15) is 0 Å².